The van der Waals surface area contributed by atoms with Crippen LogP contribution in [0, 0.1) is 0 Å². The molecule has 0 saturated carbocycles. The number of carbonyl (C=O) groups is 1. The Labute approximate surface area is 254 Å². The Morgan fingerprint density at radius 2 is 2.05 bits per heavy atom. The first-order valence-electron chi connectivity index (χ1n) is 13.7. The maximum absolute atomic E-state index is 12.6. The van der Waals surface area contributed by atoms with Crippen molar-refractivity contribution < 1.29 is 28.5 Å². The number of hydrogen-bond acceptors (Lipinski definition) is 9. The molecule has 0 N–H and O–H groups in total. The van der Waals surface area contributed by atoms with Crippen molar-refractivity contribution in [2.45, 2.75) is 73.8 Å². The Kier molecular flexibility index (Phi) is 9.64. The summed E-state index contributed by atoms with van der Waals surface area (Å²) in [7, 11) is 1.56. The fourth-order valence-electron chi connectivity index (χ4n) is 5.14. The van der Waals surface area contributed by atoms with Gasteiger partial charge in [0.1, 0.15) is 29.3 Å². The molecule has 4 heterocycles. The number of ether oxygens (including phenoxy) is 5. The van der Waals surface area contributed by atoms with Gasteiger partial charge in [-0.2, -0.15) is 0 Å². The summed E-state index contributed by atoms with van der Waals surface area (Å²) in [6.07, 6.45) is 1.52. The summed E-state index contributed by atoms with van der Waals surface area (Å²) in [5.74, 6) is 0. The van der Waals surface area contributed by atoms with E-state index in [0.29, 0.717) is 24.5 Å². The standard InChI is InChI=1S/C29H34ClN5O6S/c1-29(2,3)41-28(36)35-12-10-17(11-13-35)22-21(14-19(30)15-32-22)42-27-25(37-4)23(33-34-31)24-20(39-27)16-38-26(40-24)18-8-6-5-7-9-18/h5-10,14-15,20,23-27H,11-13,16H2,1-4H3/t20?,23?,24-,25?,26?,27+/m0/s1. The zero-order valence-electron chi connectivity index (χ0n) is 23.9. The third-order valence-electron chi connectivity index (χ3n) is 7.07. The van der Waals surface area contributed by atoms with Crippen molar-refractivity contribution in [2.24, 2.45) is 5.11 Å². The van der Waals surface area contributed by atoms with Gasteiger partial charge in [-0.3, -0.25) is 4.98 Å². The van der Waals surface area contributed by atoms with E-state index in [2.05, 4.69) is 15.0 Å². The first-order chi connectivity index (χ1) is 20.2. The van der Waals surface area contributed by atoms with Gasteiger partial charge in [0.05, 0.1) is 23.4 Å². The van der Waals surface area contributed by atoms with Crippen LogP contribution in [0.3, 0.4) is 0 Å². The summed E-state index contributed by atoms with van der Waals surface area (Å²) in [6.45, 7) is 6.69. The zero-order valence-corrected chi connectivity index (χ0v) is 25.5. The molecule has 1 amide bonds. The van der Waals surface area contributed by atoms with E-state index in [1.165, 1.54) is 11.8 Å². The predicted molar refractivity (Wildman–Crippen MR) is 158 cm³/mol. The molecule has 0 radical (unpaired) electrons. The van der Waals surface area contributed by atoms with Crippen molar-refractivity contribution in [3.05, 3.63) is 75.4 Å². The average Bonchev–Trinajstić information content (AvgIpc) is 2.97. The SMILES string of the molecule is COC1C(N=[N+]=[N-])[C@H]2OC(c3ccccc3)OCC2O[C@@H]1Sc1cc(Cl)cnc1C1=CCN(C(=O)OC(C)(C)C)CC1. The Morgan fingerprint density at radius 1 is 1.26 bits per heavy atom. The number of hydrogen-bond donors (Lipinski definition) is 0. The van der Waals surface area contributed by atoms with E-state index in [-0.39, 0.29) is 12.7 Å². The maximum atomic E-state index is 12.6. The molecule has 2 saturated heterocycles. The summed E-state index contributed by atoms with van der Waals surface area (Å²) < 4.78 is 30.2. The van der Waals surface area contributed by atoms with E-state index < -0.39 is 41.7 Å². The zero-order chi connectivity index (χ0) is 29.9. The van der Waals surface area contributed by atoms with Gasteiger partial charge < -0.3 is 28.6 Å². The second kappa shape index (κ2) is 13.2. The van der Waals surface area contributed by atoms with Crippen LogP contribution in [0.5, 0.6) is 0 Å². The number of pyridine rings is 1. The van der Waals surface area contributed by atoms with Crippen LogP contribution in [0.25, 0.3) is 16.0 Å². The summed E-state index contributed by atoms with van der Waals surface area (Å²) in [4.78, 5) is 22.8. The second-order valence-electron chi connectivity index (χ2n) is 11.1. The number of halogens is 1. The van der Waals surface area contributed by atoms with Crippen molar-refractivity contribution in [3.8, 4) is 0 Å². The summed E-state index contributed by atoms with van der Waals surface area (Å²) in [6, 6.07) is 10.7. The Bertz CT molecular complexity index is 1350. The van der Waals surface area contributed by atoms with Gasteiger partial charge in [0.25, 0.3) is 0 Å². The van der Waals surface area contributed by atoms with Crippen molar-refractivity contribution in [3.63, 3.8) is 0 Å². The second-order valence-corrected chi connectivity index (χ2v) is 12.7. The lowest BCUT2D eigenvalue weighted by Gasteiger charge is -2.47. The molecule has 13 heteroatoms. The van der Waals surface area contributed by atoms with Crippen LogP contribution in [0.4, 0.5) is 4.79 Å². The molecule has 3 aliphatic heterocycles. The van der Waals surface area contributed by atoms with Gasteiger partial charge in [-0.25, -0.2) is 4.79 Å². The molecule has 2 aromatic rings. The smallest absolute Gasteiger partial charge is 0.410 e. The highest BCUT2D eigenvalue weighted by Gasteiger charge is 2.50. The molecule has 0 aliphatic carbocycles. The molecule has 0 bridgehead atoms. The molecule has 1 aromatic heterocycles. The van der Waals surface area contributed by atoms with Crippen LogP contribution in [-0.2, 0) is 23.7 Å². The molecule has 6 atom stereocenters. The number of rotatable bonds is 6. The van der Waals surface area contributed by atoms with Gasteiger partial charge in [-0.1, -0.05) is 64.9 Å². The molecular weight excluding hydrogens is 582 g/mol. The maximum Gasteiger partial charge on any atom is 0.410 e. The molecule has 1 aromatic carbocycles. The third-order valence-corrected chi connectivity index (χ3v) is 8.45. The number of azide groups is 1. The van der Waals surface area contributed by atoms with Gasteiger partial charge >= 0.3 is 6.09 Å². The largest absolute Gasteiger partial charge is 0.444 e. The van der Waals surface area contributed by atoms with E-state index in [9.17, 15) is 10.3 Å². The molecule has 0 spiro atoms. The highest BCUT2D eigenvalue weighted by Crippen LogP contribution is 2.43. The monoisotopic (exact) mass is 615 g/mol. The summed E-state index contributed by atoms with van der Waals surface area (Å²) >= 11 is 7.78. The number of benzene rings is 1. The number of amides is 1. The van der Waals surface area contributed by atoms with Crippen molar-refractivity contribution >= 4 is 35.0 Å². The number of fused-ring (bicyclic) bond motifs is 1. The van der Waals surface area contributed by atoms with Crippen LogP contribution >= 0.6 is 23.4 Å². The predicted octanol–water partition coefficient (Wildman–Crippen LogP) is 6.38. The number of carbonyl (C=O) groups excluding carboxylic acids is 1. The molecule has 5 rings (SSSR count). The topological polar surface area (TPSA) is 128 Å². The molecule has 224 valence electrons. The minimum Gasteiger partial charge on any atom is -0.444 e. The van der Waals surface area contributed by atoms with Crippen LogP contribution < -0.4 is 0 Å². The Balaban J connectivity index is 1.36. The molecular formula is C29H34ClN5O6S. The Morgan fingerprint density at radius 3 is 2.71 bits per heavy atom. The van der Waals surface area contributed by atoms with Crippen molar-refractivity contribution in [1.82, 2.24) is 9.88 Å². The van der Waals surface area contributed by atoms with E-state index >= 15 is 0 Å². The van der Waals surface area contributed by atoms with Crippen LogP contribution in [0.2, 0.25) is 5.02 Å². The third kappa shape index (κ3) is 7.03. The summed E-state index contributed by atoms with van der Waals surface area (Å²) in [5, 5.41) is 4.57. The van der Waals surface area contributed by atoms with Gasteiger partial charge in [0.15, 0.2) is 6.29 Å². The number of thioether (sulfide) groups is 1. The molecule has 42 heavy (non-hydrogen) atoms. The Hall–Kier alpha value is -2.83. The first kappa shape index (κ1) is 30.6. The van der Waals surface area contributed by atoms with Crippen molar-refractivity contribution in [2.75, 3.05) is 26.8 Å². The van der Waals surface area contributed by atoms with Gasteiger partial charge in [0.2, 0.25) is 0 Å². The lowest BCUT2D eigenvalue weighted by atomic mass is 9.96. The van der Waals surface area contributed by atoms with Crippen LogP contribution in [-0.4, -0.2) is 78.2 Å². The van der Waals surface area contributed by atoms with E-state index in [1.54, 1.807) is 18.2 Å². The number of nitrogens with zero attached hydrogens (tertiary/aromatic N) is 5. The van der Waals surface area contributed by atoms with Gasteiger partial charge in [0, 0.05) is 41.8 Å². The minimum absolute atomic E-state index is 0.251. The van der Waals surface area contributed by atoms with E-state index in [1.807, 2.05) is 63.2 Å². The van der Waals surface area contributed by atoms with E-state index in [0.717, 1.165) is 21.7 Å². The highest BCUT2D eigenvalue weighted by atomic mass is 35.5. The number of aromatic nitrogens is 1. The highest BCUT2D eigenvalue weighted by molar-refractivity contribution is 7.99. The van der Waals surface area contributed by atoms with Gasteiger partial charge in [-0.05, 0) is 44.4 Å². The quantitative estimate of drug-likeness (QED) is 0.208. The summed E-state index contributed by atoms with van der Waals surface area (Å²) in [5.41, 5.74) is 10.9. The number of methoxy groups -OCH3 is 1. The van der Waals surface area contributed by atoms with E-state index in [4.69, 9.17) is 35.3 Å². The fourth-order valence-corrected chi connectivity index (χ4v) is 6.70. The molecule has 2 fully saturated rings. The first-order valence-corrected chi connectivity index (χ1v) is 15.0. The lowest BCUT2D eigenvalue weighted by molar-refractivity contribution is -0.298. The van der Waals surface area contributed by atoms with Crippen LogP contribution in [0.1, 0.15) is 44.7 Å². The molecule has 3 aliphatic rings. The van der Waals surface area contributed by atoms with Crippen LogP contribution in [0.15, 0.2) is 58.7 Å². The lowest BCUT2D eigenvalue weighted by Crippen LogP contribution is -2.60. The molecule has 4 unspecified atom stereocenters. The average molecular weight is 616 g/mol. The normalized spacial score (nSPS) is 27.8. The fraction of sp³-hybridized carbons (Fsp3) is 0.517. The van der Waals surface area contributed by atoms with Gasteiger partial charge in [-0.15, -0.1) is 0 Å². The molecule has 11 nitrogen and oxygen atoms in total. The van der Waals surface area contributed by atoms with Crippen molar-refractivity contribution in [1.29, 1.82) is 0 Å². The minimum atomic E-state index is -0.668.